The van der Waals surface area contributed by atoms with E-state index in [9.17, 15) is 4.79 Å². The molecule has 2 rings (SSSR count). The maximum Gasteiger partial charge on any atom is 0.223 e. The Kier molecular flexibility index (Phi) is 3.75. The largest absolute Gasteiger partial charge is 0.490 e. The van der Waals surface area contributed by atoms with Crippen LogP contribution in [0.15, 0.2) is 37.2 Å². The van der Waals surface area contributed by atoms with Gasteiger partial charge in [-0.05, 0) is 18.6 Å². The Morgan fingerprint density at radius 2 is 2.53 bits per heavy atom. The molecule has 0 aromatic carbocycles. The Morgan fingerprint density at radius 1 is 1.65 bits per heavy atom. The third-order valence-electron chi connectivity index (χ3n) is 2.86. The lowest BCUT2D eigenvalue weighted by Gasteiger charge is -2.23. The van der Waals surface area contributed by atoms with Crippen LogP contribution in [0.25, 0.3) is 0 Å². The molecule has 4 heteroatoms. The Morgan fingerprint density at radius 3 is 3.24 bits per heavy atom. The van der Waals surface area contributed by atoms with Gasteiger partial charge in [-0.2, -0.15) is 0 Å². The number of aromatic nitrogens is 1. The molecule has 0 spiro atoms. The Bertz CT molecular complexity index is 392. The van der Waals surface area contributed by atoms with E-state index in [1.54, 1.807) is 18.5 Å². The molecular weight excluding hydrogens is 216 g/mol. The van der Waals surface area contributed by atoms with Gasteiger partial charge in [0.1, 0.15) is 12.4 Å². The van der Waals surface area contributed by atoms with Crippen LogP contribution in [0, 0.1) is 0 Å². The zero-order chi connectivity index (χ0) is 12.1. The van der Waals surface area contributed by atoms with E-state index < -0.39 is 0 Å². The van der Waals surface area contributed by atoms with E-state index >= 15 is 0 Å². The Labute approximate surface area is 101 Å². The average Bonchev–Trinajstić information content (AvgIpc) is 2.70. The van der Waals surface area contributed by atoms with E-state index in [1.807, 2.05) is 17.0 Å². The fraction of sp³-hybridized carbons (Fsp3) is 0.385. The summed E-state index contributed by atoms with van der Waals surface area (Å²) in [4.78, 5) is 17.4. The molecule has 0 saturated carbocycles. The summed E-state index contributed by atoms with van der Waals surface area (Å²) in [6.07, 6.45) is 6.59. The lowest BCUT2D eigenvalue weighted by molar-refractivity contribution is -0.128. The molecule has 1 aliphatic rings. The highest BCUT2D eigenvalue weighted by molar-refractivity contribution is 5.78. The quantitative estimate of drug-likeness (QED) is 0.725. The van der Waals surface area contributed by atoms with Gasteiger partial charge in [-0.25, -0.2) is 0 Å². The van der Waals surface area contributed by atoms with Gasteiger partial charge in [0.15, 0.2) is 0 Å². The Hall–Kier alpha value is -1.84. The summed E-state index contributed by atoms with van der Waals surface area (Å²) in [7, 11) is 0. The maximum absolute atomic E-state index is 11.6. The van der Waals surface area contributed by atoms with Crippen LogP contribution in [-0.4, -0.2) is 35.0 Å². The van der Waals surface area contributed by atoms with Crippen LogP contribution in [0.5, 0.6) is 5.75 Å². The fourth-order valence-electron chi connectivity index (χ4n) is 1.98. The molecule has 1 aliphatic heterocycles. The summed E-state index contributed by atoms with van der Waals surface area (Å²) in [5.74, 6) is 0.926. The lowest BCUT2D eigenvalue weighted by Crippen LogP contribution is -2.37. The van der Waals surface area contributed by atoms with Crippen molar-refractivity contribution in [3.8, 4) is 5.75 Å². The van der Waals surface area contributed by atoms with E-state index in [4.69, 9.17) is 4.74 Å². The summed E-state index contributed by atoms with van der Waals surface area (Å²) in [6.45, 7) is 4.78. The van der Waals surface area contributed by atoms with Crippen LogP contribution < -0.4 is 4.74 Å². The molecule has 1 fully saturated rings. The highest BCUT2D eigenvalue weighted by Crippen LogP contribution is 2.19. The summed E-state index contributed by atoms with van der Waals surface area (Å²) < 4.78 is 5.62. The van der Waals surface area contributed by atoms with Gasteiger partial charge in [-0.3, -0.25) is 9.78 Å². The van der Waals surface area contributed by atoms with Crippen LogP contribution >= 0.6 is 0 Å². The van der Waals surface area contributed by atoms with E-state index in [0.717, 1.165) is 12.2 Å². The number of nitrogens with zero attached hydrogens (tertiary/aromatic N) is 2. The van der Waals surface area contributed by atoms with Crippen molar-refractivity contribution in [1.29, 1.82) is 0 Å². The zero-order valence-electron chi connectivity index (χ0n) is 9.71. The van der Waals surface area contributed by atoms with Crippen molar-refractivity contribution in [3.63, 3.8) is 0 Å². The van der Waals surface area contributed by atoms with Gasteiger partial charge in [0.25, 0.3) is 0 Å². The van der Waals surface area contributed by atoms with Gasteiger partial charge in [-0.1, -0.05) is 6.08 Å². The van der Waals surface area contributed by atoms with E-state index in [2.05, 4.69) is 11.6 Å². The molecule has 90 valence electrons. The van der Waals surface area contributed by atoms with Crippen molar-refractivity contribution in [2.24, 2.45) is 0 Å². The standard InChI is InChI=1S/C13H16N2O2/c1-2-8-15-11(5-6-13(15)16)10-17-12-4-3-7-14-9-12/h2-4,7,9,11H,1,5-6,8,10H2. The van der Waals surface area contributed by atoms with Gasteiger partial charge in [0.05, 0.1) is 12.2 Å². The number of carbonyl (C=O) groups excluding carboxylic acids is 1. The van der Waals surface area contributed by atoms with Gasteiger partial charge in [-0.15, -0.1) is 6.58 Å². The summed E-state index contributed by atoms with van der Waals surface area (Å²) in [5, 5.41) is 0. The summed E-state index contributed by atoms with van der Waals surface area (Å²) in [6, 6.07) is 3.85. The molecule has 0 radical (unpaired) electrons. The van der Waals surface area contributed by atoms with Crippen LogP contribution in [0.3, 0.4) is 0 Å². The van der Waals surface area contributed by atoms with Gasteiger partial charge >= 0.3 is 0 Å². The first-order valence-corrected chi connectivity index (χ1v) is 5.74. The highest BCUT2D eigenvalue weighted by Gasteiger charge is 2.30. The van der Waals surface area contributed by atoms with Crippen molar-refractivity contribution in [2.75, 3.05) is 13.2 Å². The normalized spacial score (nSPS) is 19.4. The molecule has 17 heavy (non-hydrogen) atoms. The van der Waals surface area contributed by atoms with Crippen molar-refractivity contribution in [3.05, 3.63) is 37.2 Å². The van der Waals surface area contributed by atoms with Crippen LogP contribution in [0.4, 0.5) is 0 Å². The van der Waals surface area contributed by atoms with Crippen molar-refractivity contribution in [2.45, 2.75) is 18.9 Å². The number of hydrogen-bond donors (Lipinski definition) is 0. The molecule has 1 aromatic rings. The minimum Gasteiger partial charge on any atom is -0.490 e. The molecule has 1 unspecified atom stereocenters. The molecular formula is C13H16N2O2. The molecule has 0 bridgehead atoms. The van der Waals surface area contributed by atoms with Crippen molar-refractivity contribution in [1.82, 2.24) is 9.88 Å². The molecule has 0 aliphatic carbocycles. The number of rotatable bonds is 5. The number of carbonyl (C=O) groups is 1. The van der Waals surface area contributed by atoms with Crippen molar-refractivity contribution >= 4 is 5.91 Å². The minimum absolute atomic E-state index is 0.153. The molecule has 4 nitrogen and oxygen atoms in total. The monoisotopic (exact) mass is 232 g/mol. The number of hydrogen-bond acceptors (Lipinski definition) is 3. The summed E-state index contributed by atoms with van der Waals surface area (Å²) in [5.41, 5.74) is 0. The molecule has 1 aromatic heterocycles. The topological polar surface area (TPSA) is 42.4 Å². The highest BCUT2D eigenvalue weighted by atomic mass is 16.5. The number of amides is 1. The van der Waals surface area contributed by atoms with Crippen LogP contribution in [0.1, 0.15) is 12.8 Å². The van der Waals surface area contributed by atoms with E-state index in [1.165, 1.54) is 0 Å². The molecule has 1 amide bonds. The van der Waals surface area contributed by atoms with Gasteiger partial charge in [0, 0.05) is 19.2 Å². The van der Waals surface area contributed by atoms with Crippen LogP contribution in [-0.2, 0) is 4.79 Å². The second kappa shape index (κ2) is 5.48. The number of ether oxygens (including phenoxy) is 1. The average molecular weight is 232 g/mol. The molecule has 2 heterocycles. The predicted octanol–water partition coefficient (Wildman–Crippen LogP) is 1.64. The third-order valence-corrected chi connectivity index (χ3v) is 2.86. The predicted molar refractivity (Wildman–Crippen MR) is 64.7 cm³/mol. The second-order valence-electron chi connectivity index (χ2n) is 4.03. The first kappa shape index (κ1) is 11.6. The molecule has 0 N–H and O–H groups in total. The van der Waals surface area contributed by atoms with Gasteiger partial charge in [0.2, 0.25) is 5.91 Å². The zero-order valence-corrected chi connectivity index (χ0v) is 9.71. The fourth-order valence-corrected chi connectivity index (χ4v) is 1.98. The maximum atomic E-state index is 11.6. The lowest BCUT2D eigenvalue weighted by atomic mass is 10.2. The SMILES string of the molecule is C=CCN1C(=O)CCC1COc1cccnc1. The minimum atomic E-state index is 0.153. The third kappa shape index (κ3) is 2.84. The first-order valence-electron chi connectivity index (χ1n) is 5.74. The number of likely N-dealkylation sites (tertiary alicyclic amines) is 1. The van der Waals surface area contributed by atoms with Crippen molar-refractivity contribution < 1.29 is 9.53 Å². The molecule has 1 saturated heterocycles. The first-order chi connectivity index (χ1) is 8.31. The van der Waals surface area contributed by atoms with E-state index in [0.29, 0.717) is 19.6 Å². The second-order valence-corrected chi connectivity index (χ2v) is 4.03. The van der Waals surface area contributed by atoms with Crippen LogP contribution in [0.2, 0.25) is 0 Å². The van der Waals surface area contributed by atoms with E-state index in [-0.39, 0.29) is 11.9 Å². The summed E-state index contributed by atoms with van der Waals surface area (Å²) >= 11 is 0. The molecule has 1 atom stereocenters. The smallest absolute Gasteiger partial charge is 0.223 e. The number of pyridine rings is 1. The Balaban J connectivity index is 1.90. The van der Waals surface area contributed by atoms with Gasteiger partial charge < -0.3 is 9.64 Å².